The minimum atomic E-state index is -0.221. The molecule has 3 heteroatoms. The van der Waals surface area contributed by atoms with Crippen LogP contribution in [-0.2, 0) is 4.74 Å². The van der Waals surface area contributed by atoms with E-state index in [1.807, 2.05) is 41.5 Å². The summed E-state index contributed by atoms with van der Waals surface area (Å²) >= 11 is 0. The van der Waals surface area contributed by atoms with Gasteiger partial charge in [0.05, 0.1) is 6.61 Å². The van der Waals surface area contributed by atoms with Gasteiger partial charge in [-0.2, -0.15) is 0 Å². The molecule has 0 atom stereocenters. The predicted molar refractivity (Wildman–Crippen MR) is 67.6 cm³/mol. The highest BCUT2D eigenvalue weighted by atomic mass is 16.6. The van der Waals surface area contributed by atoms with Gasteiger partial charge in [0.25, 0.3) is 0 Å². The fraction of sp³-hybridized carbons (Fsp3) is 0.923. The highest BCUT2D eigenvalue weighted by molar-refractivity contribution is 5.69. The molecule has 0 spiro atoms. The topological polar surface area (TPSA) is 29.5 Å². The second kappa shape index (κ2) is 5.55. The van der Waals surface area contributed by atoms with Crippen LogP contribution < -0.4 is 0 Å². The van der Waals surface area contributed by atoms with Crippen LogP contribution in [0.5, 0.6) is 0 Å². The number of hydrogen-bond acceptors (Lipinski definition) is 2. The Morgan fingerprint density at radius 3 is 1.81 bits per heavy atom. The number of ether oxygens (including phenoxy) is 1. The van der Waals surface area contributed by atoms with Crippen LogP contribution in [0.2, 0.25) is 0 Å². The summed E-state index contributed by atoms with van der Waals surface area (Å²) in [5.74, 6) is 0. The normalized spacial score (nSPS) is 12.4. The summed E-state index contributed by atoms with van der Waals surface area (Å²) in [7, 11) is 0. The third kappa shape index (κ3) is 4.86. The molecule has 0 aromatic rings. The van der Waals surface area contributed by atoms with E-state index in [-0.39, 0.29) is 17.2 Å². The van der Waals surface area contributed by atoms with E-state index in [2.05, 4.69) is 6.92 Å². The summed E-state index contributed by atoms with van der Waals surface area (Å²) in [5.41, 5.74) is -0.441. The fourth-order valence-electron chi connectivity index (χ4n) is 1.92. The Morgan fingerprint density at radius 1 is 1.06 bits per heavy atom. The Labute approximate surface area is 100 Å². The molecule has 0 heterocycles. The number of unbranched alkanes of at least 4 members (excludes halogenated alkanes) is 1. The molecule has 0 fully saturated rings. The molecule has 3 nitrogen and oxygen atoms in total. The molecule has 16 heavy (non-hydrogen) atoms. The number of rotatable bonds is 3. The minimum Gasteiger partial charge on any atom is -0.449 e. The summed E-state index contributed by atoms with van der Waals surface area (Å²) in [6.45, 7) is 14.8. The van der Waals surface area contributed by atoms with Crippen LogP contribution in [0.15, 0.2) is 0 Å². The van der Waals surface area contributed by atoms with Crippen molar-refractivity contribution >= 4 is 6.09 Å². The number of amides is 1. The number of carbonyl (C=O) groups is 1. The van der Waals surface area contributed by atoms with E-state index in [1.54, 1.807) is 4.90 Å². The van der Waals surface area contributed by atoms with Crippen LogP contribution in [0, 0.1) is 0 Å². The zero-order valence-electron chi connectivity index (χ0n) is 11.9. The molecular weight excluding hydrogens is 202 g/mol. The van der Waals surface area contributed by atoms with E-state index >= 15 is 0 Å². The van der Waals surface area contributed by atoms with Crippen LogP contribution >= 0.6 is 0 Å². The zero-order chi connectivity index (χ0) is 13.0. The Morgan fingerprint density at radius 2 is 1.50 bits per heavy atom. The lowest BCUT2D eigenvalue weighted by Gasteiger charge is -2.44. The first-order chi connectivity index (χ1) is 7.10. The van der Waals surface area contributed by atoms with E-state index in [0.717, 1.165) is 12.8 Å². The number of carbonyl (C=O) groups excluding carboxylic acids is 1. The number of hydrogen-bond donors (Lipinski definition) is 0. The van der Waals surface area contributed by atoms with Crippen molar-refractivity contribution in [3.63, 3.8) is 0 Å². The molecule has 0 aromatic carbocycles. The van der Waals surface area contributed by atoms with Gasteiger partial charge in [-0.05, 0) is 48.0 Å². The average molecular weight is 229 g/mol. The molecule has 0 aliphatic rings. The van der Waals surface area contributed by atoms with Gasteiger partial charge < -0.3 is 4.74 Å². The van der Waals surface area contributed by atoms with Crippen LogP contribution in [-0.4, -0.2) is 28.7 Å². The van der Waals surface area contributed by atoms with Gasteiger partial charge in [-0.25, -0.2) is 4.79 Å². The van der Waals surface area contributed by atoms with Crippen molar-refractivity contribution in [1.29, 1.82) is 0 Å². The molecule has 96 valence electrons. The zero-order valence-corrected chi connectivity index (χ0v) is 11.9. The largest absolute Gasteiger partial charge is 0.449 e. The molecule has 0 aliphatic carbocycles. The third-order valence-electron chi connectivity index (χ3n) is 2.25. The molecule has 0 saturated carbocycles. The van der Waals surface area contributed by atoms with Gasteiger partial charge in [-0.15, -0.1) is 0 Å². The maximum absolute atomic E-state index is 12.0. The van der Waals surface area contributed by atoms with Crippen molar-refractivity contribution in [2.45, 2.75) is 72.4 Å². The van der Waals surface area contributed by atoms with E-state index < -0.39 is 0 Å². The van der Waals surface area contributed by atoms with Gasteiger partial charge in [-0.3, -0.25) is 4.90 Å². The summed E-state index contributed by atoms with van der Waals surface area (Å²) in [6, 6.07) is 0. The maximum atomic E-state index is 12.0. The van der Waals surface area contributed by atoms with Crippen molar-refractivity contribution in [2.75, 3.05) is 6.61 Å². The van der Waals surface area contributed by atoms with Crippen LogP contribution in [0.25, 0.3) is 0 Å². The number of nitrogens with zero attached hydrogens (tertiary/aromatic N) is 1. The minimum absolute atomic E-state index is 0.214. The van der Waals surface area contributed by atoms with Crippen molar-refractivity contribution in [2.24, 2.45) is 0 Å². The molecule has 0 N–H and O–H groups in total. The van der Waals surface area contributed by atoms with Crippen LogP contribution in [0.3, 0.4) is 0 Å². The van der Waals surface area contributed by atoms with Crippen molar-refractivity contribution in [3.05, 3.63) is 0 Å². The summed E-state index contributed by atoms with van der Waals surface area (Å²) in [4.78, 5) is 13.8. The molecule has 0 aliphatic heterocycles. The van der Waals surface area contributed by atoms with E-state index in [4.69, 9.17) is 4.74 Å². The predicted octanol–water partition coefficient (Wildman–Crippen LogP) is 3.82. The second-order valence-corrected chi connectivity index (χ2v) is 6.14. The van der Waals surface area contributed by atoms with Gasteiger partial charge in [0.15, 0.2) is 0 Å². The quantitative estimate of drug-likeness (QED) is 0.688. The van der Waals surface area contributed by atoms with E-state index in [0.29, 0.717) is 6.61 Å². The second-order valence-electron chi connectivity index (χ2n) is 6.14. The smallest absolute Gasteiger partial charge is 0.410 e. The molecule has 0 aromatic heterocycles. The van der Waals surface area contributed by atoms with E-state index in [1.165, 1.54) is 0 Å². The van der Waals surface area contributed by atoms with Crippen LogP contribution in [0.4, 0.5) is 4.79 Å². The third-order valence-corrected chi connectivity index (χ3v) is 2.25. The molecule has 0 radical (unpaired) electrons. The first-order valence-electron chi connectivity index (χ1n) is 6.07. The Hall–Kier alpha value is -0.730. The van der Waals surface area contributed by atoms with E-state index in [9.17, 15) is 4.79 Å². The average Bonchev–Trinajstić information content (AvgIpc) is 1.98. The first-order valence-corrected chi connectivity index (χ1v) is 6.07. The standard InChI is InChI=1S/C13H27NO2/c1-8-9-10-16-11(15)14(12(2,3)4)13(5,6)7/h8-10H2,1-7H3. The van der Waals surface area contributed by atoms with Gasteiger partial charge in [0, 0.05) is 11.1 Å². The molecule has 0 rings (SSSR count). The lowest BCUT2D eigenvalue weighted by atomic mass is 9.97. The molecular formula is C13H27NO2. The van der Waals surface area contributed by atoms with Crippen molar-refractivity contribution < 1.29 is 9.53 Å². The molecule has 0 bridgehead atoms. The van der Waals surface area contributed by atoms with Crippen LogP contribution in [0.1, 0.15) is 61.3 Å². The Balaban J connectivity index is 4.61. The Kier molecular flexibility index (Phi) is 5.30. The first kappa shape index (κ1) is 15.3. The Bertz CT molecular complexity index is 209. The molecule has 0 saturated heterocycles. The summed E-state index contributed by atoms with van der Waals surface area (Å²) < 4.78 is 5.28. The van der Waals surface area contributed by atoms with Gasteiger partial charge in [-0.1, -0.05) is 13.3 Å². The van der Waals surface area contributed by atoms with Gasteiger partial charge in [0.1, 0.15) is 0 Å². The van der Waals surface area contributed by atoms with Gasteiger partial charge in [0.2, 0.25) is 0 Å². The molecule has 0 unspecified atom stereocenters. The van der Waals surface area contributed by atoms with Crippen molar-refractivity contribution in [1.82, 2.24) is 4.90 Å². The summed E-state index contributed by atoms with van der Waals surface area (Å²) in [5, 5.41) is 0. The monoisotopic (exact) mass is 229 g/mol. The fourth-order valence-corrected chi connectivity index (χ4v) is 1.92. The molecule has 1 amide bonds. The lowest BCUT2D eigenvalue weighted by Crippen LogP contribution is -2.55. The van der Waals surface area contributed by atoms with Gasteiger partial charge >= 0.3 is 6.09 Å². The summed E-state index contributed by atoms with van der Waals surface area (Å²) in [6.07, 6.45) is 1.75. The highest BCUT2D eigenvalue weighted by Gasteiger charge is 2.36. The maximum Gasteiger partial charge on any atom is 0.410 e. The SMILES string of the molecule is CCCCOC(=O)N(C(C)(C)C)C(C)(C)C. The van der Waals surface area contributed by atoms with Crippen molar-refractivity contribution in [3.8, 4) is 0 Å². The lowest BCUT2D eigenvalue weighted by molar-refractivity contribution is 0.0201. The highest BCUT2D eigenvalue weighted by Crippen LogP contribution is 2.25.